The topological polar surface area (TPSA) is 40.5 Å². The molecular weight excluding hydrogens is 208 g/mol. The summed E-state index contributed by atoms with van der Waals surface area (Å²) in [7, 11) is 0. The number of fused-ring (bicyclic) bond motifs is 1. The summed E-state index contributed by atoms with van der Waals surface area (Å²) in [5, 5.41) is 19.6. The first-order valence-corrected chi connectivity index (χ1v) is 5.69. The minimum atomic E-state index is -1.38. The molecule has 0 unspecified atom stereocenters. The maximum atomic E-state index is 9.22. The van der Waals surface area contributed by atoms with Gasteiger partial charge in [-0.3, -0.25) is 0 Å². The lowest BCUT2D eigenvalue weighted by Crippen LogP contribution is -1.98. The predicted molar refractivity (Wildman–Crippen MR) is 63.2 cm³/mol. The van der Waals surface area contributed by atoms with Crippen LogP contribution >= 0.6 is 11.3 Å². The Morgan fingerprint density at radius 2 is 1.73 bits per heavy atom. The molecule has 2 nitrogen and oxygen atoms in total. The molecule has 1 aromatic carbocycles. The Balaban J connectivity index is 2.82. The highest BCUT2D eigenvalue weighted by atomic mass is 32.1. The van der Waals surface area contributed by atoms with Gasteiger partial charge in [-0.1, -0.05) is 6.07 Å². The van der Waals surface area contributed by atoms with Crippen molar-refractivity contribution in [3.63, 3.8) is 0 Å². The van der Waals surface area contributed by atoms with Gasteiger partial charge in [0, 0.05) is 15.1 Å². The summed E-state index contributed by atoms with van der Waals surface area (Å²) in [5.74, 6) is 0. The average molecular weight is 222 g/mol. The van der Waals surface area contributed by atoms with Crippen molar-refractivity contribution >= 4 is 21.4 Å². The van der Waals surface area contributed by atoms with Gasteiger partial charge in [-0.05, 0) is 43.4 Å². The van der Waals surface area contributed by atoms with Crippen molar-refractivity contribution in [3.8, 4) is 0 Å². The van der Waals surface area contributed by atoms with Gasteiger partial charge < -0.3 is 10.2 Å². The summed E-state index contributed by atoms with van der Waals surface area (Å²) in [6.45, 7) is 6.11. The van der Waals surface area contributed by atoms with Crippen molar-refractivity contribution in [2.75, 3.05) is 0 Å². The van der Waals surface area contributed by atoms with E-state index in [0.29, 0.717) is 5.56 Å². The molecule has 0 bridgehead atoms. The molecule has 3 heteroatoms. The van der Waals surface area contributed by atoms with Gasteiger partial charge in [0.15, 0.2) is 6.29 Å². The third kappa shape index (κ3) is 1.57. The predicted octanol–water partition coefficient (Wildman–Crippen LogP) is 2.81. The van der Waals surface area contributed by atoms with Gasteiger partial charge in [-0.25, -0.2) is 0 Å². The zero-order valence-electron chi connectivity index (χ0n) is 9.03. The van der Waals surface area contributed by atoms with Crippen LogP contribution in [0.5, 0.6) is 0 Å². The Morgan fingerprint density at radius 3 is 2.33 bits per heavy atom. The molecule has 1 heterocycles. The Hall–Kier alpha value is -0.900. The van der Waals surface area contributed by atoms with Gasteiger partial charge in [0.25, 0.3) is 0 Å². The van der Waals surface area contributed by atoms with Crippen LogP contribution in [0.3, 0.4) is 0 Å². The Morgan fingerprint density at radius 1 is 1.07 bits per heavy atom. The van der Waals surface area contributed by atoms with E-state index < -0.39 is 6.29 Å². The Kier molecular flexibility index (Phi) is 2.54. The molecule has 2 aromatic rings. The molecule has 0 amide bonds. The van der Waals surface area contributed by atoms with E-state index in [1.165, 1.54) is 20.5 Å². The summed E-state index contributed by atoms with van der Waals surface area (Å²) in [4.78, 5) is 1.29. The first-order valence-electron chi connectivity index (χ1n) is 4.87. The molecule has 0 radical (unpaired) electrons. The van der Waals surface area contributed by atoms with Gasteiger partial charge >= 0.3 is 0 Å². The third-order valence-corrected chi connectivity index (χ3v) is 4.09. The van der Waals surface area contributed by atoms with Crippen LogP contribution in [0.15, 0.2) is 12.1 Å². The first-order chi connectivity index (χ1) is 7.02. The van der Waals surface area contributed by atoms with Crippen LogP contribution in [0.2, 0.25) is 0 Å². The summed E-state index contributed by atoms with van der Waals surface area (Å²) in [6, 6.07) is 3.75. The van der Waals surface area contributed by atoms with Crippen LogP contribution in [0, 0.1) is 20.8 Å². The number of aryl methyl sites for hydroxylation is 3. The second kappa shape index (κ2) is 3.59. The molecule has 0 aliphatic heterocycles. The molecule has 0 aliphatic carbocycles. The Labute approximate surface area is 92.8 Å². The van der Waals surface area contributed by atoms with E-state index >= 15 is 0 Å². The number of benzene rings is 1. The average Bonchev–Trinajstić information content (AvgIpc) is 2.43. The monoisotopic (exact) mass is 222 g/mol. The van der Waals surface area contributed by atoms with Gasteiger partial charge in [-0.15, -0.1) is 11.3 Å². The lowest BCUT2D eigenvalue weighted by Gasteiger charge is -2.09. The van der Waals surface area contributed by atoms with Gasteiger partial charge in [0.2, 0.25) is 0 Å². The van der Waals surface area contributed by atoms with Crippen LogP contribution in [-0.2, 0) is 0 Å². The number of rotatable bonds is 1. The fourth-order valence-corrected chi connectivity index (χ4v) is 3.08. The molecule has 0 saturated heterocycles. The molecule has 0 fully saturated rings. The number of thiophene rings is 1. The summed E-state index contributed by atoms with van der Waals surface area (Å²) in [6.07, 6.45) is -1.38. The molecule has 0 aliphatic rings. The van der Waals surface area contributed by atoms with Crippen LogP contribution in [-0.4, -0.2) is 10.2 Å². The summed E-state index contributed by atoms with van der Waals surface area (Å²) < 4.78 is 1.21. The number of hydrogen-bond acceptors (Lipinski definition) is 3. The van der Waals surface area contributed by atoms with E-state index in [4.69, 9.17) is 0 Å². The van der Waals surface area contributed by atoms with Crippen molar-refractivity contribution in [2.45, 2.75) is 27.1 Å². The molecule has 2 rings (SSSR count). The smallest absolute Gasteiger partial charge is 0.178 e. The van der Waals surface area contributed by atoms with Gasteiger partial charge in [-0.2, -0.15) is 0 Å². The molecule has 0 atom stereocenters. The molecule has 15 heavy (non-hydrogen) atoms. The number of aliphatic hydroxyl groups excluding tert-OH is 1. The quantitative estimate of drug-likeness (QED) is 0.728. The zero-order valence-corrected chi connectivity index (χ0v) is 9.85. The standard InChI is InChI=1S/C12H14O2S/c1-6-8(3)15-10-5-4-9(12(13)14)7(2)11(6)10/h4-5,12-14H,1-3H3. The fraction of sp³-hybridized carbons (Fsp3) is 0.333. The minimum Gasteiger partial charge on any atom is -0.364 e. The van der Waals surface area contributed by atoms with Gasteiger partial charge in [0.1, 0.15) is 0 Å². The van der Waals surface area contributed by atoms with Crippen molar-refractivity contribution in [3.05, 3.63) is 33.7 Å². The second-order valence-corrected chi connectivity index (χ2v) is 5.07. The van der Waals surface area contributed by atoms with Crippen molar-refractivity contribution in [1.29, 1.82) is 0 Å². The van der Waals surface area contributed by atoms with E-state index in [9.17, 15) is 10.2 Å². The van der Waals surface area contributed by atoms with Gasteiger partial charge in [0.05, 0.1) is 0 Å². The molecular formula is C12H14O2S. The first kappa shape index (κ1) is 10.6. The summed E-state index contributed by atoms with van der Waals surface area (Å²) >= 11 is 1.75. The summed E-state index contributed by atoms with van der Waals surface area (Å²) in [5.41, 5.74) is 2.82. The number of hydrogen-bond donors (Lipinski definition) is 2. The van der Waals surface area contributed by atoms with E-state index in [1.807, 2.05) is 13.0 Å². The van der Waals surface area contributed by atoms with Crippen LogP contribution < -0.4 is 0 Å². The Bertz CT molecular complexity index is 512. The van der Waals surface area contributed by atoms with E-state index in [0.717, 1.165) is 5.56 Å². The van der Waals surface area contributed by atoms with E-state index in [-0.39, 0.29) is 0 Å². The molecule has 0 saturated carbocycles. The lowest BCUT2D eigenvalue weighted by atomic mass is 10.0. The van der Waals surface area contributed by atoms with Crippen LogP contribution in [0.4, 0.5) is 0 Å². The molecule has 0 spiro atoms. The normalized spacial score (nSPS) is 11.6. The van der Waals surface area contributed by atoms with Crippen molar-refractivity contribution in [1.82, 2.24) is 0 Å². The van der Waals surface area contributed by atoms with E-state index in [1.54, 1.807) is 17.4 Å². The van der Waals surface area contributed by atoms with Crippen molar-refractivity contribution < 1.29 is 10.2 Å². The number of aliphatic hydroxyl groups is 2. The maximum Gasteiger partial charge on any atom is 0.178 e. The van der Waals surface area contributed by atoms with Crippen LogP contribution in [0.1, 0.15) is 27.9 Å². The molecule has 1 aromatic heterocycles. The largest absolute Gasteiger partial charge is 0.364 e. The highest BCUT2D eigenvalue weighted by molar-refractivity contribution is 7.19. The van der Waals surface area contributed by atoms with Crippen LogP contribution in [0.25, 0.3) is 10.1 Å². The lowest BCUT2D eigenvalue weighted by molar-refractivity contribution is -0.0428. The van der Waals surface area contributed by atoms with Crippen molar-refractivity contribution in [2.24, 2.45) is 0 Å². The fourth-order valence-electron chi connectivity index (χ4n) is 1.95. The highest BCUT2D eigenvalue weighted by Gasteiger charge is 2.13. The van der Waals surface area contributed by atoms with E-state index in [2.05, 4.69) is 13.8 Å². The maximum absolute atomic E-state index is 9.22. The minimum absolute atomic E-state index is 0.600. The molecule has 2 N–H and O–H groups in total. The molecule has 80 valence electrons. The third-order valence-electron chi connectivity index (χ3n) is 2.91. The zero-order chi connectivity index (χ0) is 11.2. The second-order valence-electron chi connectivity index (χ2n) is 3.81. The highest BCUT2D eigenvalue weighted by Crippen LogP contribution is 2.35. The SMILES string of the molecule is Cc1sc2ccc(C(O)O)c(C)c2c1C.